The topological polar surface area (TPSA) is 79.0 Å². The van der Waals surface area contributed by atoms with Crippen molar-refractivity contribution in [3.8, 4) is 0 Å². The van der Waals surface area contributed by atoms with Gasteiger partial charge in [0, 0.05) is 27.2 Å². The zero-order valence-electron chi connectivity index (χ0n) is 17.1. The lowest BCUT2D eigenvalue weighted by atomic mass is 10.1. The lowest BCUT2D eigenvalue weighted by Gasteiger charge is -2.20. The van der Waals surface area contributed by atoms with Crippen molar-refractivity contribution in [3.05, 3.63) is 16.0 Å². The number of nitrogens with one attached hydrogen (secondary N) is 1. The number of rotatable bonds is 8. The molecule has 0 atom stereocenters. The molecule has 0 radical (unpaired) electrons. The molecule has 1 heterocycles. The maximum Gasteiger partial charge on any atom is 0.341 e. The standard InChI is InChI=1S/C18H27N3O4S3/c1-7-21(8-2)18(26)27-10-12(22)19-15-13(17(24)25-9-3)11(4)14(28-15)16(23)20(5)6/h7-10H2,1-6H3,(H,19,22). The van der Waals surface area contributed by atoms with E-state index in [9.17, 15) is 14.4 Å². The third kappa shape index (κ3) is 6.18. The second-order valence-electron chi connectivity index (χ2n) is 5.96. The summed E-state index contributed by atoms with van der Waals surface area (Å²) >= 11 is 7.68. The summed E-state index contributed by atoms with van der Waals surface area (Å²) in [6.07, 6.45) is 0. The molecule has 1 N–H and O–H groups in total. The molecule has 1 aromatic heterocycles. The van der Waals surface area contributed by atoms with Gasteiger partial charge in [0.25, 0.3) is 5.91 Å². The normalized spacial score (nSPS) is 10.4. The molecule has 28 heavy (non-hydrogen) atoms. The molecule has 0 aromatic carbocycles. The highest BCUT2D eigenvalue weighted by molar-refractivity contribution is 8.23. The van der Waals surface area contributed by atoms with Crippen LogP contribution in [0.15, 0.2) is 0 Å². The predicted octanol–water partition coefficient (Wildman–Crippen LogP) is 3.23. The summed E-state index contributed by atoms with van der Waals surface area (Å²) in [4.78, 5) is 41.0. The van der Waals surface area contributed by atoms with Gasteiger partial charge >= 0.3 is 5.97 Å². The first-order chi connectivity index (χ1) is 13.2. The van der Waals surface area contributed by atoms with Gasteiger partial charge in [-0.25, -0.2) is 4.79 Å². The Bertz CT molecular complexity index is 743. The predicted molar refractivity (Wildman–Crippen MR) is 120 cm³/mol. The number of nitrogens with zero attached hydrogens (tertiary/aromatic N) is 2. The second kappa shape index (κ2) is 11.4. The van der Waals surface area contributed by atoms with Crippen molar-refractivity contribution < 1.29 is 19.1 Å². The summed E-state index contributed by atoms with van der Waals surface area (Å²) in [5, 5.41) is 3.06. The van der Waals surface area contributed by atoms with Crippen LogP contribution in [0.3, 0.4) is 0 Å². The first-order valence-corrected chi connectivity index (χ1v) is 11.1. The Balaban J connectivity index is 3.03. The van der Waals surface area contributed by atoms with Gasteiger partial charge in [0.2, 0.25) is 5.91 Å². The summed E-state index contributed by atoms with van der Waals surface area (Å²) in [5.74, 6) is -0.970. The first-order valence-electron chi connectivity index (χ1n) is 8.91. The Hall–Kier alpha value is -1.65. The van der Waals surface area contributed by atoms with Crippen LogP contribution in [0.5, 0.6) is 0 Å². The lowest BCUT2D eigenvalue weighted by Crippen LogP contribution is -2.28. The molecule has 2 amide bonds. The van der Waals surface area contributed by atoms with Crippen LogP contribution in [-0.2, 0) is 9.53 Å². The lowest BCUT2D eigenvalue weighted by molar-refractivity contribution is -0.113. The minimum Gasteiger partial charge on any atom is -0.462 e. The highest BCUT2D eigenvalue weighted by Gasteiger charge is 2.27. The molecule has 0 aliphatic rings. The SMILES string of the molecule is CCOC(=O)c1c(NC(=O)CSC(=S)N(CC)CC)sc(C(=O)N(C)C)c1C. The van der Waals surface area contributed by atoms with Crippen LogP contribution in [0.1, 0.15) is 46.4 Å². The van der Waals surface area contributed by atoms with Gasteiger partial charge in [-0.3, -0.25) is 9.59 Å². The Morgan fingerprint density at radius 2 is 1.79 bits per heavy atom. The van der Waals surface area contributed by atoms with Crippen molar-refractivity contribution in [3.63, 3.8) is 0 Å². The zero-order chi connectivity index (χ0) is 21.4. The van der Waals surface area contributed by atoms with Gasteiger partial charge < -0.3 is 19.9 Å². The van der Waals surface area contributed by atoms with Crippen molar-refractivity contribution in [1.29, 1.82) is 0 Å². The third-order valence-electron chi connectivity index (χ3n) is 3.83. The van der Waals surface area contributed by atoms with Gasteiger partial charge in [0.15, 0.2) is 0 Å². The Morgan fingerprint density at radius 3 is 2.29 bits per heavy atom. The molecule has 0 spiro atoms. The molecule has 0 unspecified atom stereocenters. The van der Waals surface area contributed by atoms with Crippen molar-refractivity contribution in [2.24, 2.45) is 0 Å². The minimum atomic E-state index is -0.560. The Morgan fingerprint density at radius 1 is 1.18 bits per heavy atom. The average molecular weight is 446 g/mol. The van der Waals surface area contributed by atoms with E-state index < -0.39 is 5.97 Å². The molecule has 156 valence electrons. The van der Waals surface area contributed by atoms with Crippen LogP contribution in [0.4, 0.5) is 5.00 Å². The zero-order valence-corrected chi connectivity index (χ0v) is 19.5. The van der Waals surface area contributed by atoms with Gasteiger partial charge in [0.1, 0.15) is 9.32 Å². The van der Waals surface area contributed by atoms with Gasteiger partial charge in [-0.2, -0.15) is 0 Å². The van der Waals surface area contributed by atoms with Gasteiger partial charge in [-0.15, -0.1) is 11.3 Å². The molecule has 0 saturated carbocycles. The summed E-state index contributed by atoms with van der Waals surface area (Å²) in [6, 6.07) is 0. The van der Waals surface area contributed by atoms with Crippen LogP contribution in [0.2, 0.25) is 0 Å². The quantitative estimate of drug-likeness (QED) is 0.486. The van der Waals surface area contributed by atoms with E-state index in [1.165, 1.54) is 16.7 Å². The Labute approximate surface area is 179 Å². The van der Waals surface area contributed by atoms with E-state index in [4.69, 9.17) is 17.0 Å². The number of carbonyl (C=O) groups excluding carboxylic acids is 3. The van der Waals surface area contributed by atoms with Gasteiger partial charge in [0.05, 0.1) is 22.8 Å². The van der Waals surface area contributed by atoms with Crippen molar-refractivity contribution in [2.75, 3.05) is 44.9 Å². The van der Waals surface area contributed by atoms with E-state index >= 15 is 0 Å². The van der Waals surface area contributed by atoms with Gasteiger partial charge in [-0.05, 0) is 33.3 Å². The fourth-order valence-corrected chi connectivity index (χ4v) is 4.76. The molecule has 10 heteroatoms. The molecular weight excluding hydrogens is 418 g/mol. The number of thiocarbonyl (C=S) groups is 1. The van der Waals surface area contributed by atoms with E-state index in [-0.39, 0.29) is 29.7 Å². The number of thioether (sulfide) groups is 1. The largest absolute Gasteiger partial charge is 0.462 e. The van der Waals surface area contributed by atoms with Gasteiger partial charge in [-0.1, -0.05) is 24.0 Å². The molecule has 0 fully saturated rings. The van der Waals surface area contributed by atoms with E-state index in [0.29, 0.717) is 19.8 Å². The summed E-state index contributed by atoms with van der Waals surface area (Å²) in [5.41, 5.74) is 0.727. The number of amides is 2. The number of ether oxygens (including phenoxy) is 1. The van der Waals surface area contributed by atoms with Crippen molar-refractivity contribution in [1.82, 2.24) is 9.80 Å². The fourth-order valence-electron chi connectivity index (χ4n) is 2.32. The Kier molecular flexibility index (Phi) is 9.91. The number of hydrogen-bond acceptors (Lipinski definition) is 7. The van der Waals surface area contributed by atoms with Crippen LogP contribution < -0.4 is 5.32 Å². The highest BCUT2D eigenvalue weighted by atomic mass is 32.2. The number of carbonyl (C=O) groups is 3. The van der Waals surface area contributed by atoms with E-state index in [0.717, 1.165) is 24.4 Å². The fraction of sp³-hybridized carbons (Fsp3) is 0.556. The molecule has 7 nitrogen and oxygen atoms in total. The number of esters is 1. The van der Waals surface area contributed by atoms with Crippen LogP contribution >= 0.6 is 35.3 Å². The molecular formula is C18H27N3O4S3. The van der Waals surface area contributed by atoms with Crippen molar-refractivity contribution in [2.45, 2.75) is 27.7 Å². The number of anilines is 1. The molecule has 0 aliphatic heterocycles. The average Bonchev–Trinajstić information content (AvgIpc) is 2.96. The van der Waals surface area contributed by atoms with E-state index in [1.807, 2.05) is 18.7 Å². The van der Waals surface area contributed by atoms with Crippen LogP contribution in [0, 0.1) is 6.92 Å². The van der Waals surface area contributed by atoms with Crippen LogP contribution in [0.25, 0.3) is 0 Å². The molecule has 0 saturated heterocycles. The minimum absolute atomic E-state index is 0.117. The molecule has 0 aliphatic carbocycles. The molecule has 0 bridgehead atoms. The summed E-state index contributed by atoms with van der Waals surface area (Å²) in [6.45, 7) is 9.13. The van der Waals surface area contributed by atoms with E-state index in [2.05, 4.69) is 5.32 Å². The highest BCUT2D eigenvalue weighted by Crippen LogP contribution is 2.34. The molecule has 1 aromatic rings. The summed E-state index contributed by atoms with van der Waals surface area (Å²) < 4.78 is 5.75. The maximum absolute atomic E-state index is 12.4. The van der Waals surface area contributed by atoms with Crippen LogP contribution in [-0.4, -0.2) is 71.4 Å². The monoisotopic (exact) mass is 445 g/mol. The second-order valence-corrected chi connectivity index (χ2v) is 8.59. The maximum atomic E-state index is 12.4. The third-order valence-corrected chi connectivity index (χ3v) is 6.55. The van der Waals surface area contributed by atoms with E-state index in [1.54, 1.807) is 27.9 Å². The first kappa shape index (κ1) is 24.4. The smallest absolute Gasteiger partial charge is 0.341 e. The van der Waals surface area contributed by atoms with Crippen molar-refractivity contribution >= 4 is 62.4 Å². The number of hydrogen-bond donors (Lipinski definition) is 1. The molecule has 1 rings (SSSR count). The summed E-state index contributed by atoms with van der Waals surface area (Å²) in [7, 11) is 3.27. The number of thiophene rings is 1.